The number of hydrogen-bond donors (Lipinski definition) is 0. The van der Waals surface area contributed by atoms with E-state index in [9.17, 15) is 9.18 Å². The van der Waals surface area contributed by atoms with Gasteiger partial charge in [-0.15, -0.1) is 0 Å². The zero-order valence-corrected chi connectivity index (χ0v) is 16.4. The highest BCUT2D eigenvalue weighted by Gasteiger charge is 2.16. The molecule has 1 aromatic heterocycles. The van der Waals surface area contributed by atoms with E-state index in [0.29, 0.717) is 5.75 Å². The molecular weight excluding hydrogens is 373 g/mol. The highest BCUT2D eigenvalue weighted by Crippen LogP contribution is 2.35. The number of hydrogen-bond acceptors (Lipinski definition) is 4. The molecule has 1 aliphatic rings. The molecule has 6 heteroatoms. The molecule has 0 saturated carbocycles. The maximum absolute atomic E-state index is 13.9. The van der Waals surface area contributed by atoms with Gasteiger partial charge in [0.05, 0.1) is 7.11 Å². The average molecular weight is 393 g/mol. The molecule has 2 aromatic carbocycles. The molecule has 0 bridgehead atoms. The molecule has 0 radical (unpaired) electrons. The lowest BCUT2D eigenvalue weighted by molar-refractivity contribution is 0.104. The Balaban J connectivity index is 1.61. The van der Waals surface area contributed by atoms with Gasteiger partial charge >= 0.3 is 0 Å². The van der Waals surface area contributed by atoms with Crippen LogP contribution in [-0.2, 0) is 0 Å². The SMILES string of the molecule is COc1ccc(C(=O)/C=C/c2cc(C)n(-c3ccc4c(c3)OCO4)c2C)cc1F. The first-order chi connectivity index (χ1) is 14.0. The summed E-state index contributed by atoms with van der Waals surface area (Å²) in [7, 11) is 1.38. The normalized spacial score (nSPS) is 12.6. The van der Waals surface area contributed by atoms with Crippen LogP contribution in [0.5, 0.6) is 17.2 Å². The van der Waals surface area contributed by atoms with Gasteiger partial charge in [0, 0.05) is 28.7 Å². The predicted octanol–water partition coefficient (Wildman–Crippen LogP) is 4.87. The molecule has 2 heterocycles. The minimum atomic E-state index is -0.562. The second kappa shape index (κ2) is 7.47. The largest absolute Gasteiger partial charge is 0.494 e. The number of methoxy groups -OCH3 is 1. The number of halogens is 1. The Morgan fingerprint density at radius 3 is 2.66 bits per heavy atom. The molecular formula is C23H20FNO4. The van der Waals surface area contributed by atoms with Gasteiger partial charge < -0.3 is 18.8 Å². The molecule has 0 spiro atoms. The van der Waals surface area contributed by atoms with E-state index < -0.39 is 5.82 Å². The number of carbonyl (C=O) groups excluding carboxylic acids is 1. The molecule has 4 rings (SSSR count). The van der Waals surface area contributed by atoms with Crippen LogP contribution in [0.3, 0.4) is 0 Å². The number of carbonyl (C=O) groups is 1. The van der Waals surface area contributed by atoms with Crippen LogP contribution in [0.4, 0.5) is 4.39 Å². The molecule has 148 valence electrons. The van der Waals surface area contributed by atoms with Crippen LogP contribution < -0.4 is 14.2 Å². The van der Waals surface area contributed by atoms with Crippen molar-refractivity contribution < 1.29 is 23.4 Å². The summed E-state index contributed by atoms with van der Waals surface area (Å²) in [6.07, 6.45) is 3.20. The molecule has 0 atom stereocenters. The van der Waals surface area contributed by atoms with E-state index in [1.54, 1.807) is 12.1 Å². The molecule has 0 unspecified atom stereocenters. The summed E-state index contributed by atoms with van der Waals surface area (Å²) in [5.41, 5.74) is 4.12. The molecule has 0 N–H and O–H groups in total. The van der Waals surface area contributed by atoms with E-state index in [4.69, 9.17) is 14.2 Å². The molecule has 0 fully saturated rings. The van der Waals surface area contributed by atoms with Crippen molar-refractivity contribution in [3.8, 4) is 22.9 Å². The first-order valence-corrected chi connectivity index (χ1v) is 9.13. The fourth-order valence-electron chi connectivity index (χ4n) is 3.46. The Hall–Kier alpha value is -3.54. The standard InChI is InChI=1S/C23H20FNO4/c1-14-10-16(4-7-20(26)17-5-8-21(27-3)19(24)11-17)15(2)25(14)18-6-9-22-23(12-18)29-13-28-22/h4-12H,13H2,1-3H3/b7-4+. The lowest BCUT2D eigenvalue weighted by atomic mass is 10.1. The van der Waals surface area contributed by atoms with Gasteiger partial charge in [0.2, 0.25) is 6.79 Å². The van der Waals surface area contributed by atoms with Crippen molar-refractivity contribution in [2.75, 3.05) is 13.9 Å². The Bertz CT molecular complexity index is 1130. The number of ketones is 1. The maximum Gasteiger partial charge on any atom is 0.231 e. The third kappa shape index (κ3) is 3.49. The van der Waals surface area contributed by atoms with Gasteiger partial charge in [-0.2, -0.15) is 0 Å². The van der Waals surface area contributed by atoms with Gasteiger partial charge in [-0.1, -0.05) is 0 Å². The number of aromatic nitrogens is 1. The number of ether oxygens (including phenoxy) is 3. The fourth-order valence-corrected chi connectivity index (χ4v) is 3.46. The van der Waals surface area contributed by atoms with Crippen LogP contribution in [0.25, 0.3) is 11.8 Å². The van der Waals surface area contributed by atoms with E-state index in [0.717, 1.165) is 28.4 Å². The van der Waals surface area contributed by atoms with Crippen LogP contribution in [0.15, 0.2) is 48.5 Å². The highest BCUT2D eigenvalue weighted by atomic mass is 19.1. The first kappa shape index (κ1) is 18.8. The maximum atomic E-state index is 13.9. The van der Waals surface area contributed by atoms with Gasteiger partial charge in [0.15, 0.2) is 28.8 Å². The molecule has 0 amide bonds. The van der Waals surface area contributed by atoms with Crippen molar-refractivity contribution in [3.63, 3.8) is 0 Å². The second-order valence-corrected chi connectivity index (χ2v) is 6.75. The molecule has 5 nitrogen and oxygen atoms in total. The fraction of sp³-hybridized carbons (Fsp3) is 0.174. The van der Waals surface area contributed by atoms with Crippen LogP contribution in [0.1, 0.15) is 27.3 Å². The van der Waals surface area contributed by atoms with E-state index in [1.807, 2.05) is 38.1 Å². The van der Waals surface area contributed by atoms with Gasteiger partial charge in [-0.3, -0.25) is 4.79 Å². The van der Waals surface area contributed by atoms with Crippen molar-refractivity contribution in [1.82, 2.24) is 4.57 Å². The number of fused-ring (bicyclic) bond motifs is 1. The van der Waals surface area contributed by atoms with Crippen LogP contribution in [0, 0.1) is 19.7 Å². The molecule has 3 aromatic rings. The second-order valence-electron chi connectivity index (χ2n) is 6.75. The van der Waals surface area contributed by atoms with E-state index in [1.165, 1.54) is 25.3 Å². The molecule has 0 saturated heterocycles. The lowest BCUT2D eigenvalue weighted by Gasteiger charge is -2.10. The summed E-state index contributed by atoms with van der Waals surface area (Å²) < 4.78 is 31.7. The smallest absolute Gasteiger partial charge is 0.231 e. The van der Waals surface area contributed by atoms with E-state index >= 15 is 0 Å². The third-order valence-corrected chi connectivity index (χ3v) is 4.94. The van der Waals surface area contributed by atoms with Crippen molar-refractivity contribution in [2.45, 2.75) is 13.8 Å². The highest BCUT2D eigenvalue weighted by molar-refractivity contribution is 6.07. The van der Waals surface area contributed by atoms with Crippen molar-refractivity contribution in [1.29, 1.82) is 0 Å². The molecule has 1 aliphatic heterocycles. The third-order valence-electron chi connectivity index (χ3n) is 4.94. The lowest BCUT2D eigenvalue weighted by Crippen LogP contribution is -1.99. The van der Waals surface area contributed by atoms with Gasteiger partial charge in [0.25, 0.3) is 0 Å². The Morgan fingerprint density at radius 2 is 1.90 bits per heavy atom. The van der Waals surface area contributed by atoms with Crippen molar-refractivity contribution in [3.05, 3.63) is 76.9 Å². The summed E-state index contributed by atoms with van der Waals surface area (Å²) in [5, 5.41) is 0. The summed E-state index contributed by atoms with van der Waals surface area (Å²) in [6, 6.07) is 12.0. The molecule has 29 heavy (non-hydrogen) atoms. The van der Waals surface area contributed by atoms with E-state index in [-0.39, 0.29) is 23.9 Å². The van der Waals surface area contributed by atoms with Gasteiger partial charge in [0.1, 0.15) is 0 Å². The monoisotopic (exact) mass is 393 g/mol. The number of allylic oxidation sites excluding steroid dienone is 1. The minimum absolute atomic E-state index is 0.109. The van der Waals surface area contributed by atoms with Crippen molar-refractivity contribution >= 4 is 11.9 Å². The molecule has 0 aliphatic carbocycles. The number of benzene rings is 2. The topological polar surface area (TPSA) is 49.7 Å². The van der Waals surface area contributed by atoms with Gasteiger partial charge in [-0.05, 0) is 68.0 Å². The number of aryl methyl sites for hydroxylation is 1. The minimum Gasteiger partial charge on any atom is -0.494 e. The summed E-state index contributed by atoms with van der Waals surface area (Å²) in [5.74, 6) is 0.711. The summed E-state index contributed by atoms with van der Waals surface area (Å²) >= 11 is 0. The zero-order valence-electron chi connectivity index (χ0n) is 16.4. The Morgan fingerprint density at radius 1 is 1.10 bits per heavy atom. The van der Waals surface area contributed by atoms with Crippen LogP contribution in [0.2, 0.25) is 0 Å². The zero-order chi connectivity index (χ0) is 20.5. The first-order valence-electron chi connectivity index (χ1n) is 9.13. The summed E-state index contributed by atoms with van der Waals surface area (Å²) in [6.45, 7) is 4.20. The summed E-state index contributed by atoms with van der Waals surface area (Å²) in [4.78, 5) is 12.4. The van der Waals surface area contributed by atoms with Crippen molar-refractivity contribution in [2.24, 2.45) is 0 Å². The van der Waals surface area contributed by atoms with Gasteiger partial charge in [-0.25, -0.2) is 4.39 Å². The Labute approximate surface area is 167 Å². The Kier molecular flexibility index (Phi) is 4.84. The number of rotatable bonds is 5. The number of nitrogens with zero attached hydrogens (tertiary/aromatic N) is 1. The van der Waals surface area contributed by atoms with Crippen LogP contribution >= 0.6 is 0 Å². The average Bonchev–Trinajstić information content (AvgIpc) is 3.29. The van der Waals surface area contributed by atoms with Crippen LogP contribution in [-0.4, -0.2) is 24.3 Å². The van der Waals surface area contributed by atoms with E-state index in [2.05, 4.69) is 4.57 Å². The quantitative estimate of drug-likeness (QED) is 0.459. The predicted molar refractivity (Wildman–Crippen MR) is 108 cm³/mol.